The lowest BCUT2D eigenvalue weighted by Gasteiger charge is -2.19. The highest BCUT2D eigenvalue weighted by Gasteiger charge is 2.25. The van der Waals surface area contributed by atoms with Crippen molar-refractivity contribution in [1.29, 1.82) is 0 Å². The number of hydrogen-bond donors (Lipinski definition) is 0. The van der Waals surface area contributed by atoms with Crippen molar-refractivity contribution in [2.45, 2.75) is 39.2 Å². The fourth-order valence-corrected chi connectivity index (χ4v) is 6.96. The Bertz CT molecular complexity index is 2260. The zero-order valence-electron chi connectivity index (χ0n) is 20.7. The number of hydrogen-bond acceptors (Lipinski definition) is 2. The second kappa shape index (κ2) is 7.39. The molecule has 0 aliphatic carbocycles. The Labute approximate surface area is 212 Å². The predicted octanol–water partition coefficient (Wildman–Crippen LogP) is 8.17. The van der Waals surface area contributed by atoms with E-state index in [1.54, 1.807) is 0 Å². The number of nitrogens with zero attached hydrogens (tertiary/aromatic N) is 1. The van der Waals surface area contributed by atoms with E-state index in [-0.39, 0.29) is 11.1 Å². The number of rotatable bonds is 5. The molecule has 0 radical (unpaired) electrons. The molecule has 8 rings (SSSR count). The van der Waals surface area contributed by atoms with E-state index < -0.39 is 0 Å². The molecule has 0 atom stereocenters. The molecule has 0 saturated heterocycles. The first kappa shape index (κ1) is 20.9. The highest BCUT2D eigenvalue weighted by molar-refractivity contribution is 6.46. The fraction of sp³-hybridized carbons (Fsp3) is 0.176. The van der Waals surface area contributed by atoms with Crippen LogP contribution in [-0.2, 0) is 6.54 Å². The second-order valence-electron chi connectivity index (χ2n) is 10.5. The summed E-state index contributed by atoms with van der Waals surface area (Å²) in [4.78, 5) is 28.1. The van der Waals surface area contributed by atoms with E-state index in [4.69, 9.17) is 0 Å². The third-order valence-electron chi connectivity index (χ3n) is 8.53. The van der Waals surface area contributed by atoms with Gasteiger partial charge in [0, 0.05) is 11.9 Å². The number of unbranched alkanes of at least 4 members (excludes halogenated alkanes) is 3. The van der Waals surface area contributed by atoms with Gasteiger partial charge in [-0.2, -0.15) is 0 Å². The van der Waals surface area contributed by atoms with Crippen LogP contribution in [0.2, 0.25) is 0 Å². The molecule has 1 heterocycles. The van der Waals surface area contributed by atoms with Crippen molar-refractivity contribution in [2.75, 3.05) is 0 Å². The van der Waals surface area contributed by atoms with E-state index in [9.17, 15) is 9.59 Å². The molecule has 0 saturated carbocycles. The summed E-state index contributed by atoms with van der Waals surface area (Å²) in [7, 11) is 0. The monoisotopic (exact) mass is 479 g/mol. The van der Waals surface area contributed by atoms with Crippen molar-refractivity contribution >= 4 is 75.4 Å². The lowest BCUT2D eigenvalue weighted by molar-refractivity contribution is 0.568. The largest absolute Gasteiger partial charge is 0.274 e. The summed E-state index contributed by atoms with van der Waals surface area (Å²) in [6.45, 7) is 2.65. The molecule has 7 aromatic carbocycles. The minimum absolute atomic E-state index is 0.140. The first-order valence-corrected chi connectivity index (χ1v) is 13.3. The van der Waals surface area contributed by atoms with E-state index in [1.807, 2.05) is 0 Å². The Morgan fingerprint density at radius 3 is 1.95 bits per heavy atom. The fourth-order valence-electron chi connectivity index (χ4n) is 6.96. The number of benzene rings is 7. The molecule has 0 aliphatic rings. The third kappa shape index (κ3) is 2.56. The van der Waals surface area contributed by atoms with Gasteiger partial charge in [0.1, 0.15) is 0 Å². The number of aromatic nitrogens is 1. The summed E-state index contributed by atoms with van der Waals surface area (Å²) < 4.78 is 1.51. The first-order chi connectivity index (χ1) is 18.2. The van der Waals surface area contributed by atoms with Crippen LogP contribution in [-0.4, -0.2) is 4.57 Å². The first-order valence-electron chi connectivity index (χ1n) is 13.3. The van der Waals surface area contributed by atoms with Gasteiger partial charge < -0.3 is 0 Å². The number of fused-ring (bicyclic) bond motifs is 5. The Balaban J connectivity index is 1.70. The van der Waals surface area contributed by atoms with Gasteiger partial charge in [-0.1, -0.05) is 92.9 Å². The molecule has 0 unspecified atom stereocenters. The molecule has 1 aromatic heterocycles. The molecule has 0 spiro atoms. The SMILES string of the molecule is CCCCCCn1c(=O)c2c3ccc4cccc5cc6c7cccc8cccc(c87)c(c2c1=O)c6c3c45. The van der Waals surface area contributed by atoms with Crippen LogP contribution in [0.15, 0.2) is 82.4 Å². The molecule has 0 aliphatic heterocycles. The summed E-state index contributed by atoms with van der Waals surface area (Å²) in [5, 5.41) is 14.5. The minimum atomic E-state index is -0.140. The van der Waals surface area contributed by atoms with Gasteiger partial charge in [0.25, 0.3) is 11.1 Å². The van der Waals surface area contributed by atoms with Gasteiger partial charge >= 0.3 is 0 Å². The van der Waals surface area contributed by atoms with E-state index in [0.29, 0.717) is 17.3 Å². The lowest BCUT2D eigenvalue weighted by Crippen LogP contribution is -2.25. The summed E-state index contributed by atoms with van der Waals surface area (Å²) in [5.41, 5.74) is -0.280. The Hall–Kier alpha value is -4.24. The lowest BCUT2D eigenvalue weighted by atomic mass is 9.83. The van der Waals surface area contributed by atoms with Crippen molar-refractivity contribution in [2.24, 2.45) is 0 Å². The maximum Gasteiger partial charge on any atom is 0.262 e. The second-order valence-corrected chi connectivity index (χ2v) is 10.5. The van der Waals surface area contributed by atoms with E-state index in [0.717, 1.165) is 68.8 Å². The minimum Gasteiger partial charge on any atom is -0.274 e. The van der Waals surface area contributed by atoms with Crippen molar-refractivity contribution < 1.29 is 0 Å². The van der Waals surface area contributed by atoms with Crippen molar-refractivity contribution in [1.82, 2.24) is 4.57 Å². The maximum atomic E-state index is 14.1. The molecule has 0 amide bonds. The average molecular weight is 480 g/mol. The highest BCUT2D eigenvalue weighted by atomic mass is 16.2. The highest BCUT2D eigenvalue weighted by Crippen LogP contribution is 2.48. The topological polar surface area (TPSA) is 39.1 Å². The quantitative estimate of drug-likeness (QED) is 0.142. The van der Waals surface area contributed by atoms with Crippen LogP contribution in [0.4, 0.5) is 0 Å². The summed E-state index contributed by atoms with van der Waals surface area (Å²) >= 11 is 0. The van der Waals surface area contributed by atoms with Gasteiger partial charge in [-0.25, -0.2) is 0 Å². The Morgan fingerprint density at radius 2 is 1.14 bits per heavy atom. The predicted molar refractivity (Wildman–Crippen MR) is 157 cm³/mol. The van der Waals surface area contributed by atoms with Crippen LogP contribution in [0.5, 0.6) is 0 Å². The third-order valence-corrected chi connectivity index (χ3v) is 8.53. The molecular formula is C34H25NO2. The molecule has 0 fully saturated rings. The van der Waals surface area contributed by atoms with Crippen LogP contribution < -0.4 is 11.1 Å². The van der Waals surface area contributed by atoms with Gasteiger partial charge in [-0.15, -0.1) is 0 Å². The maximum absolute atomic E-state index is 14.1. The van der Waals surface area contributed by atoms with E-state index in [1.165, 1.54) is 26.1 Å². The zero-order chi connectivity index (χ0) is 24.8. The molecule has 3 nitrogen and oxygen atoms in total. The van der Waals surface area contributed by atoms with E-state index in [2.05, 4.69) is 79.7 Å². The van der Waals surface area contributed by atoms with Crippen LogP contribution >= 0.6 is 0 Å². The summed E-state index contributed by atoms with van der Waals surface area (Å²) in [6.07, 6.45) is 4.10. The van der Waals surface area contributed by atoms with Crippen molar-refractivity contribution in [3.63, 3.8) is 0 Å². The Morgan fingerprint density at radius 1 is 0.514 bits per heavy atom. The Kier molecular flexibility index (Phi) is 4.18. The molecule has 0 bridgehead atoms. The van der Waals surface area contributed by atoms with Crippen molar-refractivity contribution in [3.05, 3.63) is 93.5 Å². The van der Waals surface area contributed by atoms with Gasteiger partial charge in [-0.3, -0.25) is 14.2 Å². The average Bonchev–Trinajstić information content (AvgIpc) is 3.18. The molecule has 178 valence electrons. The molecular weight excluding hydrogens is 454 g/mol. The van der Waals surface area contributed by atoms with Gasteiger partial charge in [0.2, 0.25) is 0 Å². The van der Waals surface area contributed by atoms with Crippen LogP contribution in [0.3, 0.4) is 0 Å². The zero-order valence-corrected chi connectivity index (χ0v) is 20.7. The smallest absolute Gasteiger partial charge is 0.262 e. The van der Waals surface area contributed by atoms with Crippen LogP contribution in [0, 0.1) is 0 Å². The van der Waals surface area contributed by atoms with Gasteiger partial charge in [0.05, 0.1) is 10.8 Å². The van der Waals surface area contributed by atoms with Gasteiger partial charge in [-0.05, 0) is 71.7 Å². The van der Waals surface area contributed by atoms with Gasteiger partial charge in [0.15, 0.2) is 0 Å². The molecule has 37 heavy (non-hydrogen) atoms. The standard InChI is InChI=1S/C34H25NO2/c1-2-3-4-5-17-35-33(36)31-24-16-15-20-9-6-12-21-18-25-22-13-7-10-19-11-8-14-23(27(19)22)29(32(31)34(35)37)30(25)28(24)26(20)21/h6-16,18H,2-5,17H2,1H3. The van der Waals surface area contributed by atoms with E-state index >= 15 is 0 Å². The normalized spacial score (nSPS) is 12.7. The summed E-state index contributed by atoms with van der Waals surface area (Å²) in [5.74, 6) is 0. The molecule has 8 aromatic rings. The van der Waals surface area contributed by atoms with Crippen molar-refractivity contribution in [3.8, 4) is 0 Å². The molecule has 3 heteroatoms. The molecule has 0 N–H and O–H groups in total. The van der Waals surface area contributed by atoms with Crippen LogP contribution in [0.25, 0.3) is 75.4 Å². The summed E-state index contributed by atoms with van der Waals surface area (Å²) in [6, 6.07) is 25.6. The van der Waals surface area contributed by atoms with Crippen LogP contribution in [0.1, 0.15) is 32.6 Å².